The van der Waals surface area contributed by atoms with E-state index in [1.807, 2.05) is 69.3 Å². The van der Waals surface area contributed by atoms with Gasteiger partial charge in [0.05, 0.1) is 12.9 Å². The quantitative estimate of drug-likeness (QED) is 0.782. The van der Waals surface area contributed by atoms with Crippen LogP contribution in [0.1, 0.15) is 38.1 Å². The zero-order valence-corrected chi connectivity index (χ0v) is 17.5. The van der Waals surface area contributed by atoms with Crippen LogP contribution < -0.4 is 15.0 Å². The third-order valence-electron chi connectivity index (χ3n) is 4.36. The van der Waals surface area contributed by atoms with Gasteiger partial charge in [-0.25, -0.2) is 0 Å². The molecule has 2 aromatic carbocycles. The largest absolute Gasteiger partial charge is 0.497 e. The summed E-state index contributed by atoms with van der Waals surface area (Å²) in [6.07, 6.45) is 0.450. The number of anilines is 2. The van der Waals surface area contributed by atoms with Crippen LogP contribution in [0.15, 0.2) is 48.5 Å². The standard InChI is InChI=1S/C22H26N2O3S/c1-22(2,3)13-19(25)23-16-7-5-6-15(12-16)21-24(20(26)14-28-21)17-8-10-18(27-4)11-9-17/h5-12,21H,13-14H2,1-4H3,(H,23,25)/t21-/m1/s1. The van der Waals surface area contributed by atoms with E-state index >= 15 is 0 Å². The summed E-state index contributed by atoms with van der Waals surface area (Å²) in [7, 11) is 1.62. The molecule has 148 valence electrons. The Morgan fingerprint density at radius 1 is 1.21 bits per heavy atom. The lowest BCUT2D eigenvalue weighted by Crippen LogP contribution is -2.27. The minimum Gasteiger partial charge on any atom is -0.497 e. The molecule has 3 rings (SSSR count). The fourth-order valence-corrected chi connectivity index (χ4v) is 4.32. The Morgan fingerprint density at radius 2 is 1.93 bits per heavy atom. The molecule has 2 amide bonds. The highest BCUT2D eigenvalue weighted by atomic mass is 32.2. The van der Waals surface area contributed by atoms with E-state index in [4.69, 9.17) is 4.74 Å². The summed E-state index contributed by atoms with van der Waals surface area (Å²) in [6, 6.07) is 15.2. The number of hydrogen-bond acceptors (Lipinski definition) is 4. The van der Waals surface area contributed by atoms with E-state index in [9.17, 15) is 9.59 Å². The van der Waals surface area contributed by atoms with Gasteiger partial charge >= 0.3 is 0 Å². The lowest BCUT2D eigenvalue weighted by Gasteiger charge is -2.25. The molecule has 28 heavy (non-hydrogen) atoms. The molecule has 2 aromatic rings. The van der Waals surface area contributed by atoms with Crippen molar-refractivity contribution in [3.05, 3.63) is 54.1 Å². The molecule has 1 saturated heterocycles. The number of carbonyl (C=O) groups is 2. The molecule has 6 heteroatoms. The van der Waals surface area contributed by atoms with Gasteiger partial charge < -0.3 is 10.1 Å². The predicted octanol–water partition coefficient (Wildman–Crippen LogP) is 4.85. The Kier molecular flexibility index (Phi) is 5.98. The van der Waals surface area contributed by atoms with E-state index in [0.717, 1.165) is 22.7 Å². The second-order valence-electron chi connectivity index (χ2n) is 8.04. The van der Waals surface area contributed by atoms with Crippen molar-refractivity contribution in [1.29, 1.82) is 0 Å². The van der Waals surface area contributed by atoms with Crippen LogP contribution >= 0.6 is 11.8 Å². The number of thioether (sulfide) groups is 1. The van der Waals surface area contributed by atoms with Crippen molar-refractivity contribution >= 4 is 35.0 Å². The van der Waals surface area contributed by atoms with Crippen LogP contribution in [0.4, 0.5) is 11.4 Å². The van der Waals surface area contributed by atoms with E-state index < -0.39 is 0 Å². The van der Waals surface area contributed by atoms with Crippen LogP contribution in [0.2, 0.25) is 0 Å². The summed E-state index contributed by atoms with van der Waals surface area (Å²) >= 11 is 1.59. The molecule has 0 radical (unpaired) electrons. The Hall–Kier alpha value is -2.47. The number of ether oxygens (including phenoxy) is 1. The third kappa shape index (κ3) is 4.87. The summed E-state index contributed by atoms with van der Waals surface area (Å²) in [4.78, 5) is 26.6. The number of nitrogens with zero attached hydrogens (tertiary/aromatic N) is 1. The number of nitrogens with one attached hydrogen (secondary N) is 1. The maximum atomic E-state index is 12.5. The van der Waals surface area contributed by atoms with E-state index in [1.54, 1.807) is 23.8 Å². The first-order valence-corrected chi connectivity index (χ1v) is 10.3. The van der Waals surface area contributed by atoms with E-state index in [1.165, 1.54) is 0 Å². The van der Waals surface area contributed by atoms with Gasteiger partial charge in [-0.05, 0) is 47.4 Å². The van der Waals surface area contributed by atoms with Crippen LogP contribution in [-0.2, 0) is 9.59 Å². The lowest BCUT2D eigenvalue weighted by atomic mass is 9.92. The molecule has 0 unspecified atom stereocenters. The first kappa shape index (κ1) is 20.3. The van der Waals surface area contributed by atoms with Gasteiger partial charge in [0.25, 0.3) is 0 Å². The molecule has 1 aliphatic rings. The molecule has 0 saturated carbocycles. The first-order valence-electron chi connectivity index (χ1n) is 9.24. The minimum absolute atomic E-state index is 0.00758. The maximum absolute atomic E-state index is 12.5. The zero-order valence-electron chi connectivity index (χ0n) is 16.7. The average Bonchev–Trinajstić information content (AvgIpc) is 3.02. The SMILES string of the molecule is COc1ccc(N2C(=O)CS[C@@H]2c2cccc(NC(=O)CC(C)(C)C)c2)cc1. The first-order chi connectivity index (χ1) is 13.3. The lowest BCUT2D eigenvalue weighted by molar-refractivity contribution is -0.118. The number of methoxy groups -OCH3 is 1. The molecule has 1 atom stereocenters. The van der Waals surface area contributed by atoms with Crippen LogP contribution in [-0.4, -0.2) is 24.7 Å². The van der Waals surface area contributed by atoms with Gasteiger partial charge in [-0.3, -0.25) is 14.5 Å². The highest BCUT2D eigenvalue weighted by Gasteiger charge is 2.34. The van der Waals surface area contributed by atoms with Gasteiger partial charge in [0, 0.05) is 17.8 Å². The van der Waals surface area contributed by atoms with Crippen molar-refractivity contribution in [3.63, 3.8) is 0 Å². The highest BCUT2D eigenvalue weighted by molar-refractivity contribution is 8.00. The smallest absolute Gasteiger partial charge is 0.238 e. The molecule has 1 fully saturated rings. The molecule has 1 N–H and O–H groups in total. The summed E-state index contributed by atoms with van der Waals surface area (Å²) in [6.45, 7) is 6.11. The number of rotatable bonds is 5. The van der Waals surface area contributed by atoms with E-state index in [0.29, 0.717) is 12.2 Å². The van der Waals surface area contributed by atoms with Crippen molar-refractivity contribution in [2.45, 2.75) is 32.6 Å². The summed E-state index contributed by atoms with van der Waals surface area (Å²) in [5, 5.41) is 2.85. The molecule has 5 nitrogen and oxygen atoms in total. The van der Waals surface area contributed by atoms with Gasteiger partial charge in [-0.15, -0.1) is 11.8 Å². The summed E-state index contributed by atoms with van der Waals surface area (Å²) in [5.41, 5.74) is 2.50. The number of benzene rings is 2. The van der Waals surface area contributed by atoms with Gasteiger partial charge in [0.15, 0.2) is 0 Å². The van der Waals surface area contributed by atoms with Gasteiger partial charge in [-0.1, -0.05) is 32.9 Å². The monoisotopic (exact) mass is 398 g/mol. The number of hydrogen-bond donors (Lipinski definition) is 1. The molecule has 0 aliphatic carbocycles. The van der Waals surface area contributed by atoms with Crippen molar-refractivity contribution in [2.24, 2.45) is 5.41 Å². The fraction of sp³-hybridized carbons (Fsp3) is 0.364. The molecule has 0 bridgehead atoms. The maximum Gasteiger partial charge on any atom is 0.238 e. The number of amides is 2. The Morgan fingerprint density at radius 3 is 2.57 bits per heavy atom. The van der Waals surface area contributed by atoms with Crippen LogP contribution in [0.3, 0.4) is 0 Å². The predicted molar refractivity (Wildman–Crippen MR) is 115 cm³/mol. The Balaban J connectivity index is 1.81. The van der Waals surface area contributed by atoms with Crippen molar-refractivity contribution in [2.75, 3.05) is 23.1 Å². The second-order valence-corrected chi connectivity index (χ2v) is 9.10. The number of carbonyl (C=O) groups excluding carboxylic acids is 2. The Labute approximate surface area is 170 Å². The summed E-state index contributed by atoms with van der Waals surface area (Å²) < 4.78 is 5.21. The van der Waals surface area contributed by atoms with Crippen LogP contribution in [0.5, 0.6) is 5.75 Å². The molecule has 1 aliphatic heterocycles. The van der Waals surface area contributed by atoms with E-state index in [2.05, 4.69) is 5.32 Å². The average molecular weight is 399 g/mol. The molecular weight excluding hydrogens is 372 g/mol. The third-order valence-corrected chi connectivity index (χ3v) is 5.58. The van der Waals surface area contributed by atoms with Crippen molar-refractivity contribution < 1.29 is 14.3 Å². The van der Waals surface area contributed by atoms with Gasteiger partial charge in [0.1, 0.15) is 11.1 Å². The van der Waals surface area contributed by atoms with Crippen LogP contribution in [0.25, 0.3) is 0 Å². The summed E-state index contributed by atoms with van der Waals surface area (Å²) in [5.74, 6) is 1.24. The van der Waals surface area contributed by atoms with Crippen molar-refractivity contribution in [3.8, 4) is 5.75 Å². The molecular formula is C22H26N2O3S. The normalized spacial score (nSPS) is 16.9. The highest BCUT2D eigenvalue weighted by Crippen LogP contribution is 2.42. The zero-order chi connectivity index (χ0) is 20.3. The van der Waals surface area contributed by atoms with Crippen molar-refractivity contribution in [1.82, 2.24) is 0 Å². The minimum atomic E-state index is -0.125. The van der Waals surface area contributed by atoms with Crippen LogP contribution in [0, 0.1) is 5.41 Å². The fourth-order valence-electron chi connectivity index (χ4n) is 3.15. The second kappa shape index (κ2) is 8.27. The van der Waals surface area contributed by atoms with E-state index in [-0.39, 0.29) is 22.6 Å². The molecule has 0 aromatic heterocycles. The topological polar surface area (TPSA) is 58.6 Å². The molecule has 0 spiro atoms. The molecule has 1 heterocycles. The van der Waals surface area contributed by atoms with Gasteiger partial charge in [-0.2, -0.15) is 0 Å². The Bertz CT molecular complexity index is 859. The van der Waals surface area contributed by atoms with Gasteiger partial charge in [0.2, 0.25) is 11.8 Å².